The van der Waals surface area contributed by atoms with E-state index in [1.165, 1.54) is 30.4 Å². The lowest BCUT2D eigenvalue weighted by Crippen LogP contribution is -2.01. The number of aliphatic carboxylic acids is 1. The molecule has 0 aliphatic carbocycles. The van der Waals surface area contributed by atoms with Crippen molar-refractivity contribution in [1.82, 2.24) is 0 Å². The average Bonchev–Trinajstić information content (AvgIpc) is 2.46. The van der Waals surface area contributed by atoms with E-state index in [4.69, 9.17) is 5.11 Å². The maximum Gasteiger partial charge on any atom is 0.303 e. The molecular weight excluding hydrogens is 272 g/mol. The molecule has 2 nitrogen and oxygen atoms in total. The number of unbranched alkanes of at least 4 members (excludes halogenated alkanes) is 2. The van der Waals surface area contributed by atoms with Gasteiger partial charge in [-0.05, 0) is 48.6 Å². The monoisotopic (exact) mass is 304 g/mol. The molecule has 0 fully saturated rings. The first-order valence-electron chi connectivity index (χ1n) is 8.83. The van der Waals surface area contributed by atoms with Gasteiger partial charge in [-0.3, -0.25) is 4.79 Å². The second kappa shape index (κ2) is 10.4. The minimum Gasteiger partial charge on any atom is -0.481 e. The molecule has 124 valence electrons. The van der Waals surface area contributed by atoms with Gasteiger partial charge in [0.15, 0.2) is 0 Å². The fourth-order valence-corrected chi connectivity index (χ4v) is 3.07. The molecule has 0 aliphatic heterocycles. The predicted octanol–water partition coefficient (Wildman–Crippen LogP) is 5.80. The second-order valence-electron chi connectivity index (χ2n) is 6.82. The molecule has 1 atom stereocenters. The summed E-state index contributed by atoms with van der Waals surface area (Å²) >= 11 is 0. The van der Waals surface area contributed by atoms with Crippen LogP contribution in [0.2, 0.25) is 0 Å². The van der Waals surface area contributed by atoms with Crippen molar-refractivity contribution in [1.29, 1.82) is 0 Å². The Morgan fingerprint density at radius 1 is 1.05 bits per heavy atom. The molecular formula is C20H32O2. The Morgan fingerprint density at radius 2 is 1.73 bits per heavy atom. The van der Waals surface area contributed by atoms with Crippen molar-refractivity contribution in [3.63, 3.8) is 0 Å². The molecule has 1 aromatic carbocycles. The standard InChI is InChI=1S/C20H32O2/c1-4-8-18(9-6-5-7-10-20(21)22)19-13-11-17(12-14-19)15-16(2)3/h11-14,16,18H,4-10,15H2,1-3H3,(H,21,22). The summed E-state index contributed by atoms with van der Waals surface area (Å²) < 4.78 is 0. The van der Waals surface area contributed by atoms with Crippen LogP contribution in [0.25, 0.3) is 0 Å². The van der Waals surface area contributed by atoms with Crippen LogP contribution < -0.4 is 0 Å². The highest BCUT2D eigenvalue weighted by molar-refractivity contribution is 5.66. The first kappa shape index (κ1) is 18.7. The fraction of sp³-hybridized carbons (Fsp3) is 0.650. The van der Waals surface area contributed by atoms with Crippen molar-refractivity contribution in [2.24, 2.45) is 5.92 Å². The van der Waals surface area contributed by atoms with Crippen molar-refractivity contribution in [2.75, 3.05) is 0 Å². The molecule has 0 aliphatic rings. The zero-order valence-corrected chi connectivity index (χ0v) is 14.5. The Bertz CT molecular complexity index is 420. The van der Waals surface area contributed by atoms with Gasteiger partial charge in [-0.25, -0.2) is 0 Å². The Kier molecular flexibility index (Phi) is 8.88. The van der Waals surface area contributed by atoms with Crippen molar-refractivity contribution < 1.29 is 9.90 Å². The Labute approximate surface area is 135 Å². The van der Waals surface area contributed by atoms with Gasteiger partial charge in [0.05, 0.1) is 0 Å². The van der Waals surface area contributed by atoms with Crippen LogP contribution in [0.1, 0.15) is 82.8 Å². The van der Waals surface area contributed by atoms with Gasteiger partial charge in [0.2, 0.25) is 0 Å². The molecule has 0 amide bonds. The number of carbonyl (C=O) groups is 1. The van der Waals surface area contributed by atoms with Gasteiger partial charge in [-0.1, -0.05) is 64.3 Å². The summed E-state index contributed by atoms with van der Waals surface area (Å²) in [6.07, 6.45) is 8.02. The lowest BCUT2D eigenvalue weighted by molar-refractivity contribution is -0.137. The number of hydrogen-bond donors (Lipinski definition) is 1. The van der Waals surface area contributed by atoms with Crippen molar-refractivity contribution in [3.8, 4) is 0 Å². The molecule has 2 heteroatoms. The lowest BCUT2D eigenvalue weighted by Gasteiger charge is -2.17. The summed E-state index contributed by atoms with van der Waals surface area (Å²) in [5.41, 5.74) is 2.88. The molecule has 0 heterocycles. The topological polar surface area (TPSA) is 37.3 Å². The normalized spacial score (nSPS) is 12.5. The zero-order valence-electron chi connectivity index (χ0n) is 14.5. The Hall–Kier alpha value is -1.31. The average molecular weight is 304 g/mol. The van der Waals surface area contributed by atoms with Crippen molar-refractivity contribution in [2.45, 2.75) is 78.1 Å². The van der Waals surface area contributed by atoms with E-state index >= 15 is 0 Å². The van der Waals surface area contributed by atoms with Gasteiger partial charge in [0.25, 0.3) is 0 Å². The molecule has 0 aromatic heterocycles. The summed E-state index contributed by atoms with van der Waals surface area (Å²) in [6, 6.07) is 9.16. The smallest absolute Gasteiger partial charge is 0.303 e. The third-order valence-electron chi connectivity index (χ3n) is 4.18. The van der Waals surface area contributed by atoms with Crippen LogP contribution in [0, 0.1) is 5.92 Å². The van der Waals surface area contributed by atoms with E-state index in [9.17, 15) is 4.79 Å². The number of rotatable bonds is 11. The van der Waals surface area contributed by atoms with Gasteiger partial charge in [-0.2, -0.15) is 0 Å². The number of hydrogen-bond acceptors (Lipinski definition) is 1. The molecule has 1 unspecified atom stereocenters. The summed E-state index contributed by atoms with van der Waals surface area (Å²) in [5, 5.41) is 8.67. The largest absolute Gasteiger partial charge is 0.481 e. The van der Waals surface area contributed by atoms with Gasteiger partial charge in [0, 0.05) is 6.42 Å². The molecule has 1 N–H and O–H groups in total. The van der Waals surface area contributed by atoms with E-state index in [2.05, 4.69) is 45.0 Å². The lowest BCUT2D eigenvalue weighted by atomic mass is 9.88. The maximum atomic E-state index is 10.5. The number of carboxylic acid groups (broad SMARTS) is 1. The third-order valence-corrected chi connectivity index (χ3v) is 4.18. The third kappa shape index (κ3) is 7.63. The molecule has 1 rings (SSSR count). The van der Waals surface area contributed by atoms with Crippen LogP contribution in [0.15, 0.2) is 24.3 Å². The molecule has 22 heavy (non-hydrogen) atoms. The predicted molar refractivity (Wildman–Crippen MR) is 93.4 cm³/mol. The van der Waals surface area contributed by atoms with E-state index in [1.54, 1.807) is 0 Å². The highest BCUT2D eigenvalue weighted by atomic mass is 16.4. The summed E-state index contributed by atoms with van der Waals surface area (Å²) in [4.78, 5) is 10.5. The number of benzene rings is 1. The van der Waals surface area contributed by atoms with Crippen LogP contribution in [0.3, 0.4) is 0 Å². The van der Waals surface area contributed by atoms with E-state index in [0.29, 0.717) is 18.3 Å². The van der Waals surface area contributed by atoms with E-state index in [1.807, 2.05) is 0 Å². The highest BCUT2D eigenvalue weighted by Crippen LogP contribution is 2.28. The van der Waals surface area contributed by atoms with Crippen molar-refractivity contribution >= 4 is 5.97 Å². The highest BCUT2D eigenvalue weighted by Gasteiger charge is 2.11. The molecule has 1 aromatic rings. The van der Waals surface area contributed by atoms with Gasteiger partial charge in [0.1, 0.15) is 0 Å². The molecule has 0 saturated heterocycles. The van der Waals surface area contributed by atoms with Gasteiger partial charge < -0.3 is 5.11 Å². The summed E-state index contributed by atoms with van der Waals surface area (Å²) in [5.74, 6) is 0.653. The number of carboxylic acids is 1. The quantitative estimate of drug-likeness (QED) is 0.524. The van der Waals surface area contributed by atoms with Crippen molar-refractivity contribution in [3.05, 3.63) is 35.4 Å². The Morgan fingerprint density at radius 3 is 2.27 bits per heavy atom. The van der Waals surface area contributed by atoms with Crippen LogP contribution >= 0.6 is 0 Å². The first-order valence-corrected chi connectivity index (χ1v) is 8.83. The second-order valence-corrected chi connectivity index (χ2v) is 6.82. The van der Waals surface area contributed by atoms with E-state index in [0.717, 1.165) is 25.7 Å². The SMILES string of the molecule is CCCC(CCCCCC(=O)O)c1ccc(CC(C)C)cc1. The van der Waals surface area contributed by atoms with Crippen LogP contribution in [0.5, 0.6) is 0 Å². The van der Waals surface area contributed by atoms with Gasteiger partial charge >= 0.3 is 5.97 Å². The fourth-order valence-electron chi connectivity index (χ4n) is 3.07. The van der Waals surface area contributed by atoms with Crippen LogP contribution in [-0.2, 0) is 11.2 Å². The summed E-state index contributed by atoms with van der Waals surface area (Å²) in [7, 11) is 0. The molecule has 0 bridgehead atoms. The van der Waals surface area contributed by atoms with Crippen LogP contribution in [-0.4, -0.2) is 11.1 Å². The maximum absolute atomic E-state index is 10.5. The van der Waals surface area contributed by atoms with E-state index in [-0.39, 0.29) is 0 Å². The minimum atomic E-state index is -0.675. The molecule has 0 saturated carbocycles. The zero-order chi connectivity index (χ0) is 16.4. The first-order chi connectivity index (χ1) is 10.5. The summed E-state index contributed by atoms with van der Waals surface area (Å²) in [6.45, 7) is 6.75. The van der Waals surface area contributed by atoms with E-state index < -0.39 is 5.97 Å². The van der Waals surface area contributed by atoms with Gasteiger partial charge in [-0.15, -0.1) is 0 Å². The molecule has 0 radical (unpaired) electrons. The van der Waals surface area contributed by atoms with Crippen LogP contribution in [0.4, 0.5) is 0 Å². The Balaban J connectivity index is 2.49. The molecule has 0 spiro atoms. The minimum absolute atomic E-state index is 0.308.